The van der Waals surface area contributed by atoms with E-state index in [2.05, 4.69) is 17.9 Å². The van der Waals surface area contributed by atoms with Crippen molar-refractivity contribution in [3.63, 3.8) is 0 Å². The first-order valence-corrected chi connectivity index (χ1v) is 7.25. The third-order valence-electron chi connectivity index (χ3n) is 3.92. The molecule has 1 aliphatic carbocycles. The van der Waals surface area contributed by atoms with Crippen molar-refractivity contribution in [1.29, 1.82) is 0 Å². The Labute approximate surface area is 130 Å². The van der Waals surface area contributed by atoms with Gasteiger partial charge in [0.25, 0.3) is 0 Å². The lowest BCUT2D eigenvalue weighted by Crippen LogP contribution is -2.07. The molecule has 0 amide bonds. The number of rotatable bonds is 2. The van der Waals surface area contributed by atoms with Gasteiger partial charge >= 0.3 is 5.97 Å². The van der Waals surface area contributed by atoms with Crippen LogP contribution in [0.25, 0.3) is 6.08 Å². The summed E-state index contributed by atoms with van der Waals surface area (Å²) in [5.74, 6) is 5.51. The Morgan fingerprint density at radius 2 is 1.86 bits per heavy atom. The number of carbonyl (C=O) groups is 1. The summed E-state index contributed by atoms with van der Waals surface area (Å²) in [7, 11) is 0. The van der Waals surface area contributed by atoms with Crippen molar-refractivity contribution >= 4 is 12.0 Å². The van der Waals surface area contributed by atoms with Crippen LogP contribution in [0, 0.1) is 11.8 Å². The van der Waals surface area contributed by atoms with Gasteiger partial charge in [-0.15, -0.1) is 0 Å². The van der Waals surface area contributed by atoms with Crippen molar-refractivity contribution in [2.45, 2.75) is 19.3 Å². The number of benzene rings is 2. The van der Waals surface area contributed by atoms with Crippen LogP contribution in [0.1, 0.15) is 41.5 Å². The van der Waals surface area contributed by atoms with Crippen LogP contribution in [0.3, 0.4) is 0 Å². The second kappa shape index (κ2) is 5.91. The number of aliphatic carboxylic acids is 1. The van der Waals surface area contributed by atoms with E-state index in [1.165, 1.54) is 0 Å². The zero-order chi connectivity index (χ0) is 15.5. The molecule has 0 heterocycles. The van der Waals surface area contributed by atoms with Crippen molar-refractivity contribution < 1.29 is 9.90 Å². The minimum Gasteiger partial charge on any atom is -0.481 e. The summed E-state index contributed by atoms with van der Waals surface area (Å²) in [6, 6.07) is 15.8. The molecule has 2 nitrogen and oxygen atoms in total. The third-order valence-corrected chi connectivity index (χ3v) is 3.92. The molecular formula is C20H16O2. The van der Waals surface area contributed by atoms with E-state index in [4.69, 9.17) is 5.11 Å². The van der Waals surface area contributed by atoms with Crippen LogP contribution in [-0.4, -0.2) is 11.1 Å². The predicted octanol–water partition coefficient (Wildman–Crippen LogP) is 4.06. The summed E-state index contributed by atoms with van der Waals surface area (Å²) in [6.45, 7) is 1.99. The lowest BCUT2D eigenvalue weighted by atomic mass is 9.89. The fourth-order valence-electron chi connectivity index (χ4n) is 2.88. The molecule has 108 valence electrons. The standard InChI is InChI=1S/C20H16O2/c1-14-12-17-9-5-8-16(20(17)18(14)13-19(21)22)11-10-15-6-3-2-4-7-15/h2-9,12,18H,13H2,1H3,(H,21,22). The second-order valence-electron chi connectivity index (χ2n) is 5.46. The number of allylic oxidation sites excluding steroid dienone is 1. The van der Waals surface area contributed by atoms with E-state index in [9.17, 15) is 4.79 Å². The Kier molecular flexibility index (Phi) is 3.80. The number of hydrogen-bond acceptors (Lipinski definition) is 1. The van der Waals surface area contributed by atoms with E-state index in [1.54, 1.807) is 0 Å². The van der Waals surface area contributed by atoms with Crippen LogP contribution in [-0.2, 0) is 4.79 Å². The van der Waals surface area contributed by atoms with Crippen LogP contribution >= 0.6 is 0 Å². The molecule has 0 aliphatic heterocycles. The average Bonchev–Trinajstić information content (AvgIpc) is 2.82. The largest absolute Gasteiger partial charge is 0.481 e. The zero-order valence-electron chi connectivity index (χ0n) is 12.3. The molecule has 0 radical (unpaired) electrons. The molecule has 1 unspecified atom stereocenters. The molecule has 2 aromatic rings. The SMILES string of the molecule is CC1=Cc2cccc(C#Cc3ccccc3)c2C1CC(=O)O. The van der Waals surface area contributed by atoms with E-state index >= 15 is 0 Å². The summed E-state index contributed by atoms with van der Waals surface area (Å²) >= 11 is 0. The molecule has 0 saturated heterocycles. The van der Waals surface area contributed by atoms with Gasteiger partial charge in [0.15, 0.2) is 0 Å². The van der Waals surface area contributed by atoms with E-state index in [0.29, 0.717) is 0 Å². The smallest absolute Gasteiger partial charge is 0.304 e. The first-order chi connectivity index (χ1) is 10.6. The summed E-state index contributed by atoms with van der Waals surface area (Å²) in [5, 5.41) is 9.15. The van der Waals surface area contributed by atoms with Gasteiger partial charge in [-0.25, -0.2) is 0 Å². The molecular weight excluding hydrogens is 272 g/mol. The van der Waals surface area contributed by atoms with Gasteiger partial charge in [0.1, 0.15) is 0 Å². The third kappa shape index (κ3) is 2.80. The van der Waals surface area contributed by atoms with Crippen molar-refractivity contribution in [1.82, 2.24) is 0 Å². The van der Waals surface area contributed by atoms with Crippen LogP contribution in [0.5, 0.6) is 0 Å². The minimum atomic E-state index is -0.781. The number of fused-ring (bicyclic) bond motifs is 1. The molecule has 1 N–H and O–H groups in total. The molecule has 2 aromatic carbocycles. The van der Waals surface area contributed by atoms with E-state index in [0.717, 1.165) is 27.8 Å². The van der Waals surface area contributed by atoms with Gasteiger partial charge in [-0.2, -0.15) is 0 Å². The topological polar surface area (TPSA) is 37.3 Å². The highest BCUT2D eigenvalue weighted by molar-refractivity contribution is 5.76. The molecule has 0 aromatic heterocycles. The van der Waals surface area contributed by atoms with E-state index < -0.39 is 5.97 Å². The molecule has 0 fully saturated rings. The van der Waals surface area contributed by atoms with Crippen molar-refractivity contribution in [3.05, 3.63) is 76.4 Å². The Balaban J connectivity index is 2.01. The molecule has 0 saturated carbocycles. The molecule has 0 bridgehead atoms. The average molecular weight is 288 g/mol. The quantitative estimate of drug-likeness (QED) is 0.846. The molecule has 1 aliphatic rings. The molecule has 0 spiro atoms. The zero-order valence-corrected chi connectivity index (χ0v) is 12.3. The number of carboxylic acid groups (broad SMARTS) is 1. The summed E-state index contributed by atoms with van der Waals surface area (Å²) < 4.78 is 0. The molecule has 22 heavy (non-hydrogen) atoms. The summed E-state index contributed by atoms with van der Waals surface area (Å²) in [6.07, 6.45) is 2.18. The first kappa shape index (κ1) is 14.2. The normalized spacial score (nSPS) is 15.5. The Hall–Kier alpha value is -2.79. The fourth-order valence-corrected chi connectivity index (χ4v) is 2.88. The van der Waals surface area contributed by atoms with Crippen molar-refractivity contribution in [2.75, 3.05) is 0 Å². The molecule has 3 rings (SSSR count). The second-order valence-corrected chi connectivity index (χ2v) is 5.46. The van der Waals surface area contributed by atoms with Gasteiger partial charge < -0.3 is 5.11 Å². The number of hydrogen-bond donors (Lipinski definition) is 1. The number of carboxylic acids is 1. The summed E-state index contributed by atoms with van der Waals surface area (Å²) in [4.78, 5) is 11.1. The van der Waals surface area contributed by atoms with E-state index in [1.807, 2.05) is 55.5 Å². The van der Waals surface area contributed by atoms with Gasteiger partial charge in [-0.05, 0) is 36.2 Å². The van der Waals surface area contributed by atoms with Crippen molar-refractivity contribution in [2.24, 2.45) is 0 Å². The van der Waals surface area contributed by atoms with Gasteiger partial charge in [-0.1, -0.05) is 53.8 Å². The maximum atomic E-state index is 11.1. The highest BCUT2D eigenvalue weighted by atomic mass is 16.4. The highest BCUT2D eigenvalue weighted by Crippen LogP contribution is 2.40. The maximum absolute atomic E-state index is 11.1. The first-order valence-electron chi connectivity index (χ1n) is 7.25. The minimum absolute atomic E-state index is 0.0752. The van der Waals surface area contributed by atoms with Gasteiger partial charge in [0.05, 0.1) is 6.42 Å². The molecule has 1 atom stereocenters. The van der Waals surface area contributed by atoms with Crippen LogP contribution in [0.2, 0.25) is 0 Å². The Morgan fingerprint density at radius 3 is 2.59 bits per heavy atom. The van der Waals surface area contributed by atoms with Gasteiger partial charge in [0, 0.05) is 17.0 Å². The lowest BCUT2D eigenvalue weighted by molar-refractivity contribution is -0.137. The van der Waals surface area contributed by atoms with Crippen LogP contribution < -0.4 is 0 Å². The maximum Gasteiger partial charge on any atom is 0.304 e. The van der Waals surface area contributed by atoms with Crippen LogP contribution in [0.4, 0.5) is 0 Å². The Morgan fingerprint density at radius 1 is 1.09 bits per heavy atom. The van der Waals surface area contributed by atoms with Crippen LogP contribution in [0.15, 0.2) is 54.1 Å². The highest BCUT2D eigenvalue weighted by Gasteiger charge is 2.26. The van der Waals surface area contributed by atoms with Gasteiger partial charge in [0.2, 0.25) is 0 Å². The fraction of sp³-hybridized carbons (Fsp3) is 0.150. The Bertz CT molecular complexity index is 805. The predicted molar refractivity (Wildman–Crippen MR) is 87.5 cm³/mol. The molecule has 2 heteroatoms. The van der Waals surface area contributed by atoms with Gasteiger partial charge in [-0.3, -0.25) is 4.79 Å². The lowest BCUT2D eigenvalue weighted by Gasteiger charge is -2.13. The van der Waals surface area contributed by atoms with E-state index in [-0.39, 0.29) is 12.3 Å². The van der Waals surface area contributed by atoms with Crippen molar-refractivity contribution in [3.8, 4) is 11.8 Å². The monoisotopic (exact) mass is 288 g/mol. The summed E-state index contributed by atoms with van der Waals surface area (Å²) in [5.41, 5.74) is 5.10.